The summed E-state index contributed by atoms with van der Waals surface area (Å²) in [5.41, 5.74) is 2.01. The van der Waals surface area contributed by atoms with E-state index in [0.717, 1.165) is 36.9 Å². The zero-order chi connectivity index (χ0) is 18.2. The monoisotopic (exact) mass is 545 g/mol. The van der Waals surface area contributed by atoms with Gasteiger partial charge in [0, 0.05) is 32.2 Å². The number of aliphatic hydroxyl groups is 2. The van der Waals surface area contributed by atoms with Crippen LogP contribution in [0.4, 0.5) is 0 Å². The van der Waals surface area contributed by atoms with Crippen LogP contribution in [0.3, 0.4) is 0 Å². The van der Waals surface area contributed by atoms with Crippen LogP contribution < -0.4 is 0 Å². The molecule has 2 fully saturated rings. The summed E-state index contributed by atoms with van der Waals surface area (Å²) in [6, 6.07) is 16.8. The quantitative estimate of drug-likeness (QED) is 0.515. The van der Waals surface area contributed by atoms with Crippen LogP contribution in [0.15, 0.2) is 48.7 Å². The van der Waals surface area contributed by atoms with Gasteiger partial charge >= 0.3 is 0 Å². The Morgan fingerprint density at radius 2 is 1.44 bits per heavy atom. The average molecular weight is 545 g/mol. The van der Waals surface area contributed by atoms with Gasteiger partial charge in [0.15, 0.2) is 0 Å². The molecule has 0 amide bonds. The molecular weight excluding hydrogens is 514 g/mol. The molecule has 27 heavy (non-hydrogen) atoms. The summed E-state index contributed by atoms with van der Waals surface area (Å²) in [5, 5.41) is 20.0. The van der Waals surface area contributed by atoms with E-state index in [1.54, 1.807) is 6.20 Å². The molecule has 1 heterocycles. The van der Waals surface area contributed by atoms with Gasteiger partial charge in [0.05, 0.1) is 12.2 Å². The number of aliphatic hydroxyl groups excluding tert-OH is 2. The van der Waals surface area contributed by atoms with Crippen molar-refractivity contribution in [3.8, 4) is 11.3 Å². The van der Waals surface area contributed by atoms with Gasteiger partial charge in [-0.1, -0.05) is 37.8 Å². The molecule has 0 spiro atoms. The van der Waals surface area contributed by atoms with Crippen molar-refractivity contribution < 1.29 is 30.3 Å². The van der Waals surface area contributed by atoms with E-state index in [2.05, 4.69) is 11.1 Å². The first-order valence-corrected chi connectivity index (χ1v) is 10.00. The first kappa shape index (κ1) is 22.2. The zero-order valence-electron chi connectivity index (χ0n) is 15.8. The van der Waals surface area contributed by atoms with E-state index in [0.29, 0.717) is 5.92 Å². The standard InChI is InChI=1S/C12H22O2.C11H8N.Ir/c13-10-7-3-1-5-9-6-2-4-8-11(14)12(9)10;1-2-6-10(7-3-1)11-8-4-5-9-12-11;/h9-14H,1-8H2;1-6,8-9H;/q;-1;. The number of hydrogen-bond acceptors (Lipinski definition) is 3. The third kappa shape index (κ3) is 6.50. The summed E-state index contributed by atoms with van der Waals surface area (Å²) in [5.74, 6) is 0.769. The van der Waals surface area contributed by atoms with E-state index in [4.69, 9.17) is 0 Å². The normalized spacial score (nSPS) is 27.6. The van der Waals surface area contributed by atoms with Crippen molar-refractivity contribution in [3.63, 3.8) is 0 Å². The molecule has 2 saturated carbocycles. The third-order valence-electron chi connectivity index (χ3n) is 5.73. The molecule has 1 aromatic carbocycles. The predicted octanol–water partition coefficient (Wildman–Crippen LogP) is 4.63. The van der Waals surface area contributed by atoms with Gasteiger partial charge in [0.1, 0.15) is 0 Å². The molecule has 2 aliphatic rings. The second-order valence-electron chi connectivity index (χ2n) is 7.53. The molecule has 4 heteroatoms. The van der Waals surface area contributed by atoms with Crippen LogP contribution in [0.1, 0.15) is 51.4 Å². The van der Waals surface area contributed by atoms with Crippen molar-refractivity contribution in [3.05, 3.63) is 54.7 Å². The topological polar surface area (TPSA) is 53.4 Å². The maximum Gasteiger partial charge on any atom is 0.0595 e. The van der Waals surface area contributed by atoms with Crippen LogP contribution in [0, 0.1) is 17.9 Å². The third-order valence-corrected chi connectivity index (χ3v) is 5.73. The Bertz CT molecular complexity index is 582. The van der Waals surface area contributed by atoms with Crippen LogP contribution in [-0.2, 0) is 20.1 Å². The van der Waals surface area contributed by atoms with Crippen LogP contribution in [0.2, 0.25) is 0 Å². The van der Waals surface area contributed by atoms with Crippen LogP contribution in [0.25, 0.3) is 11.3 Å². The summed E-state index contributed by atoms with van der Waals surface area (Å²) in [6.45, 7) is 0. The molecule has 149 valence electrons. The first-order valence-electron chi connectivity index (χ1n) is 10.00. The Morgan fingerprint density at radius 1 is 0.815 bits per heavy atom. The molecule has 4 rings (SSSR count). The zero-order valence-corrected chi connectivity index (χ0v) is 18.2. The number of fused-ring (bicyclic) bond motifs is 1. The van der Waals surface area contributed by atoms with Crippen LogP contribution in [-0.4, -0.2) is 27.4 Å². The summed E-state index contributed by atoms with van der Waals surface area (Å²) in [6.07, 6.45) is 10.3. The van der Waals surface area contributed by atoms with Crippen molar-refractivity contribution in [1.82, 2.24) is 4.98 Å². The molecule has 0 saturated heterocycles. The number of pyridine rings is 1. The summed E-state index contributed by atoms with van der Waals surface area (Å²) in [7, 11) is 0. The van der Waals surface area contributed by atoms with Crippen molar-refractivity contribution in [2.24, 2.45) is 11.8 Å². The molecular formula is C23H30IrNO2-. The van der Waals surface area contributed by atoms with Gasteiger partial charge < -0.3 is 15.2 Å². The largest absolute Gasteiger partial charge is 0.393 e. The first-order chi connectivity index (χ1) is 12.8. The van der Waals surface area contributed by atoms with Gasteiger partial charge in [-0.15, -0.1) is 35.9 Å². The van der Waals surface area contributed by atoms with Crippen molar-refractivity contribution in [1.29, 1.82) is 0 Å². The summed E-state index contributed by atoms with van der Waals surface area (Å²) in [4.78, 5) is 4.22. The number of rotatable bonds is 1. The molecule has 2 N–H and O–H groups in total. The van der Waals surface area contributed by atoms with Gasteiger partial charge in [-0.2, -0.15) is 0 Å². The second-order valence-corrected chi connectivity index (χ2v) is 7.53. The SMILES string of the molecule is OC1CCCCC2CCCCC(O)C12.[Ir].[c-]1ccccc1-c1ccccn1. The Labute approximate surface area is 176 Å². The van der Waals surface area contributed by atoms with E-state index < -0.39 is 0 Å². The maximum absolute atomic E-state index is 10.0. The molecule has 1 radical (unpaired) electrons. The summed E-state index contributed by atoms with van der Waals surface area (Å²) >= 11 is 0. The Kier molecular flexibility index (Phi) is 9.64. The van der Waals surface area contributed by atoms with Gasteiger partial charge in [0.2, 0.25) is 0 Å². The molecule has 2 aromatic rings. The second kappa shape index (κ2) is 11.7. The van der Waals surface area contributed by atoms with Crippen LogP contribution in [0.5, 0.6) is 0 Å². The fourth-order valence-electron chi connectivity index (χ4n) is 4.39. The molecule has 1 aromatic heterocycles. The van der Waals surface area contributed by atoms with Crippen molar-refractivity contribution in [2.75, 3.05) is 0 Å². The predicted molar refractivity (Wildman–Crippen MR) is 104 cm³/mol. The van der Waals surface area contributed by atoms with E-state index in [1.807, 2.05) is 42.5 Å². The fraction of sp³-hybridized carbons (Fsp3) is 0.522. The number of aromatic nitrogens is 1. The Morgan fingerprint density at radius 3 is 2.00 bits per heavy atom. The fourth-order valence-corrected chi connectivity index (χ4v) is 4.39. The Hall–Kier alpha value is -1.06. The van der Waals surface area contributed by atoms with Gasteiger partial charge in [-0.25, -0.2) is 0 Å². The molecule has 0 bridgehead atoms. The minimum atomic E-state index is -0.240. The van der Waals surface area contributed by atoms with Gasteiger partial charge in [0.25, 0.3) is 0 Å². The van der Waals surface area contributed by atoms with E-state index in [1.165, 1.54) is 25.7 Å². The van der Waals surface area contributed by atoms with E-state index in [9.17, 15) is 10.2 Å². The molecule has 0 aliphatic heterocycles. The number of hydrogen-bond donors (Lipinski definition) is 2. The molecule has 2 unspecified atom stereocenters. The van der Waals surface area contributed by atoms with Gasteiger partial charge in [-0.05, 0) is 43.4 Å². The van der Waals surface area contributed by atoms with Gasteiger partial charge in [-0.3, -0.25) is 0 Å². The Balaban J connectivity index is 0.000000189. The molecule has 2 atom stereocenters. The maximum atomic E-state index is 10.0. The molecule has 2 aliphatic carbocycles. The summed E-state index contributed by atoms with van der Waals surface area (Å²) < 4.78 is 0. The minimum Gasteiger partial charge on any atom is -0.393 e. The van der Waals surface area contributed by atoms with Crippen LogP contribution >= 0.6 is 0 Å². The van der Waals surface area contributed by atoms with E-state index in [-0.39, 0.29) is 38.2 Å². The molecule has 3 nitrogen and oxygen atoms in total. The number of benzene rings is 1. The van der Waals surface area contributed by atoms with E-state index >= 15 is 0 Å². The van der Waals surface area contributed by atoms with Crippen molar-refractivity contribution >= 4 is 0 Å². The average Bonchev–Trinajstić information content (AvgIpc) is 2.99. The smallest absolute Gasteiger partial charge is 0.0595 e. The number of nitrogens with zero attached hydrogens (tertiary/aromatic N) is 1. The van der Waals surface area contributed by atoms with Crippen molar-refractivity contribution in [2.45, 2.75) is 63.6 Å². The minimum absolute atomic E-state index is 0.